The Morgan fingerprint density at radius 1 is 1.25 bits per heavy atom. The quantitative estimate of drug-likeness (QED) is 0.772. The van der Waals surface area contributed by atoms with Crippen LogP contribution in [-0.4, -0.2) is 11.1 Å². The van der Waals surface area contributed by atoms with E-state index in [1.54, 1.807) is 0 Å². The molecule has 0 fully saturated rings. The summed E-state index contributed by atoms with van der Waals surface area (Å²) in [5, 5.41) is 11.9. The molecular weight excluding hydrogens is 372 g/mol. The maximum Gasteiger partial charge on any atom is 0.335 e. The number of benzene rings is 2. The molecule has 2 aromatic rings. The molecule has 0 heterocycles. The second-order valence-corrected chi connectivity index (χ2v) is 5.66. The average molecular weight is 385 g/mol. The van der Waals surface area contributed by atoms with Crippen molar-refractivity contribution in [2.75, 3.05) is 5.32 Å². The highest BCUT2D eigenvalue weighted by Gasteiger charge is 2.11. The predicted molar refractivity (Wildman–Crippen MR) is 84.6 cm³/mol. The van der Waals surface area contributed by atoms with Gasteiger partial charge in [0.15, 0.2) is 0 Å². The minimum absolute atomic E-state index is 0.0590. The minimum Gasteiger partial charge on any atom is -0.478 e. The summed E-state index contributed by atoms with van der Waals surface area (Å²) >= 11 is 2.21. The first-order valence-electron chi connectivity index (χ1n) is 6.02. The smallest absolute Gasteiger partial charge is 0.335 e. The standard InChI is InChI=1S/C15H13FINO2/c1-9(10-2-5-12(17)6-3-10)18-14-8-11(15(19)20)4-7-13(14)16/h2-9,18H,1H3,(H,19,20). The van der Waals surface area contributed by atoms with Gasteiger partial charge < -0.3 is 10.4 Å². The highest BCUT2D eigenvalue weighted by molar-refractivity contribution is 14.1. The fourth-order valence-corrected chi connectivity index (χ4v) is 2.20. The van der Waals surface area contributed by atoms with Crippen LogP contribution in [0.15, 0.2) is 42.5 Å². The zero-order valence-electron chi connectivity index (χ0n) is 10.7. The Kier molecular flexibility index (Phi) is 4.59. The van der Waals surface area contributed by atoms with Crippen LogP contribution in [0.5, 0.6) is 0 Å². The lowest BCUT2D eigenvalue weighted by Crippen LogP contribution is -2.09. The van der Waals surface area contributed by atoms with E-state index in [-0.39, 0.29) is 17.3 Å². The van der Waals surface area contributed by atoms with E-state index in [2.05, 4.69) is 27.9 Å². The van der Waals surface area contributed by atoms with Crippen LogP contribution in [-0.2, 0) is 0 Å². The Hall–Kier alpha value is -1.63. The van der Waals surface area contributed by atoms with Gasteiger partial charge in [-0.05, 0) is 65.4 Å². The fraction of sp³-hybridized carbons (Fsp3) is 0.133. The monoisotopic (exact) mass is 385 g/mol. The zero-order valence-corrected chi connectivity index (χ0v) is 12.9. The van der Waals surface area contributed by atoms with E-state index in [0.29, 0.717) is 0 Å². The molecule has 0 radical (unpaired) electrons. The summed E-state index contributed by atoms with van der Waals surface area (Å²) in [6.07, 6.45) is 0. The van der Waals surface area contributed by atoms with E-state index < -0.39 is 11.8 Å². The van der Waals surface area contributed by atoms with Gasteiger partial charge in [0.25, 0.3) is 0 Å². The third-order valence-electron chi connectivity index (χ3n) is 2.96. The zero-order chi connectivity index (χ0) is 14.7. The lowest BCUT2D eigenvalue weighted by atomic mass is 10.1. The maximum absolute atomic E-state index is 13.7. The Balaban J connectivity index is 2.22. The molecule has 5 heteroatoms. The largest absolute Gasteiger partial charge is 0.478 e. The van der Waals surface area contributed by atoms with Crippen LogP contribution >= 0.6 is 22.6 Å². The molecule has 1 atom stereocenters. The van der Waals surface area contributed by atoms with Gasteiger partial charge in [0, 0.05) is 9.61 Å². The molecule has 0 amide bonds. The van der Waals surface area contributed by atoms with Crippen molar-refractivity contribution in [2.45, 2.75) is 13.0 Å². The van der Waals surface area contributed by atoms with Crippen LogP contribution in [0.1, 0.15) is 28.9 Å². The Bertz CT molecular complexity index is 628. The molecule has 0 bridgehead atoms. The number of carbonyl (C=O) groups is 1. The first kappa shape index (κ1) is 14.8. The van der Waals surface area contributed by atoms with Crippen molar-refractivity contribution < 1.29 is 14.3 Å². The first-order valence-corrected chi connectivity index (χ1v) is 7.10. The van der Waals surface area contributed by atoms with Crippen molar-refractivity contribution in [1.29, 1.82) is 0 Å². The molecule has 0 aliphatic carbocycles. The molecule has 0 saturated carbocycles. The Labute approximate surface area is 130 Å². The molecular formula is C15H13FINO2. The molecule has 104 valence electrons. The van der Waals surface area contributed by atoms with Crippen LogP contribution in [0.25, 0.3) is 0 Å². The number of hydrogen-bond acceptors (Lipinski definition) is 2. The van der Waals surface area contributed by atoms with Crippen molar-refractivity contribution in [3.05, 3.63) is 63.0 Å². The van der Waals surface area contributed by atoms with E-state index in [4.69, 9.17) is 5.11 Å². The lowest BCUT2D eigenvalue weighted by Gasteiger charge is -2.16. The lowest BCUT2D eigenvalue weighted by molar-refractivity contribution is 0.0697. The SMILES string of the molecule is CC(Nc1cc(C(=O)O)ccc1F)c1ccc(I)cc1. The second kappa shape index (κ2) is 6.21. The third kappa shape index (κ3) is 3.47. The molecule has 2 rings (SSSR count). The van der Waals surface area contributed by atoms with Crippen molar-refractivity contribution >= 4 is 34.2 Å². The highest BCUT2D eigenvalue weighted by Crippen LogP contribution is 2.23. The Morgan fingerprint density at radius 2 is 1.90 bits per heavy atom. The van der Waals surface area contributed by atoms with Gasteiger partial charge in [-0.25, -0.2) is 9.18 Å². The molecule has 0 saturated heterocycles. The Morgan fingerprint density at radius 3 is 2.50 bits per heavy atom. The van der Waals surface area contributed by atoms with E-state index in [1.807, 2.05) is 31.2 Å². The van der Waals surface area contributed by atoms with Gasteiger partial charge in [-0.2, -0.15) is 0 Å². The number of nitrogens with one attached hydrogen (secondary N) is 1. The normalized spacial score (nSPS) is 11.9. The number of halogens is 2. The average Bonchev–Trinajstić information content (AvgIpc) is 2.41. The molecule has 1 unspecified atom stereocenters. The highest BCUT2D eigenvalue weighted by atomic mass is 127. The van der Waals surface area contributed by atoms with Crippen molar-refractivity contribution in [2.24, 2.45) is 0 Å². The van der Waals surface area contributed by atoms with Gasteiger partial charge in [0.2, 0.25) is 0 Å². The molecule has 0 spiro atoms. The van der Waals surface area contributed by atoms with Gasteiger partial charge in [-0.15, -0.1) is 0 Å². The van der Waals surface area contributed by atoms with Crippen LogP contribution in [0.4, 0.5) is 10.1 Å². The van der Waals surface area contributed by atoms with E-state index in [0.717, 1.165) is 15.2 Å². The van der Waals surface area contributed by atoms with E-state index in [1.165, 1.54) is 12.1 Å². The van der Waals surface area contributed by atoms with E-state index in [9.17, 15) is 9.18 Å². The van der Waals surface area contributed by atoms with Gasteiger partial charge in [0.05, 0.1) is 11.3 Å². The van der Waals surface area contributed by atoms with Crippen LogP contribution in [0.3, 0.4) is 0 Å². The molecule has 2 N–H and O–H groups in total. The van der Waals surface area contributed by atoms with E-state index >= 15 is 0 Å². The number of anilines is 1. The second-order valence-electron chi connectivity index (χ2n) is 4.42. The summed E-state index contributed by atoms with van der Waals surface area (Å²) in [4.78, 5) is 10.9. The van der Waals surface area contributed by atoms with Gasteiger partial charge >= 0.3 is 5.97 Å². The van der Waals surface area contributed by atoms with Crippen molar-refractivity contribution in [3.63, 3.8) is 0 Å². The summed E-state index contributed by atoms with van der Waals surface area (Å²) in [6.45, 7) is 1.90. The number of carboxylic acid groups (broad SMARTS) is 1. The fourth-order valence-electron chi connectivity index (χ4n) is 1.84. The number of hydrogen-bond donors (Lipinski definition) is 2. The number of aromatic carboxylic acids is 1. The molecule has 3 nitrogen and oxygen atoms in total. The maximum atomic E-state index is 13.7. The van der Waals surface area contributed by atoms with Crippen molar-refractivity contribution in [3.8, 4) is 0 Å². The summed E-state index contributed by atoms with van der Waals surface area (Å²) in [5.41, 5.74) is 1.25. The number of rotatable bonds is 4. The minimum atomic E-state index is -1.07. The summed E-state index contributed by atoms with van der Waals surface area (Å²) in [7, 11) is 0. The summed E-state index contributed by atoms with van der Waals surface area (Å²) in [5.74, 6) is -1.54. The molecule has 0 aliphatic rings. The number of carboxylic acids is 1. The molecule has 2 aromatic carbocycles. The summed E-state index contributed by atoms with van der Waals surface area (Å²) < 4.78 is 14.8. The molecule has 0 aliphatic heterocycles. The van der Waals surface area contributed by atoms with Crippen LogP contribution < -0.4 is 5.32 Å². The molecule has 20 heavy (non-hydrogen) atoms. The topological polar surface area (TPSA) is 49.3 Å². The van der Waals surface area contributed by atoms with Gasteiger partial charge in [-0.3, -0.25) is 0 Å². The first-order chi connectivity index (χ1) is 9.47. The van der Waals surface area contributed by atoms with Gasteiger partial charge in [0.1, 0.15) is 5.82 Å². The van der Waals surface area contributed by atoms with Crippen LogP contribution in [0, 0.1) is 9.39 Å². The summed E-state index contributed by atoms with van der Waals surface area (Å²) in [6, 6.07) is 11.4. The van der Waals surface area contributed by atoms with Crippen LogP contribution in [0.2, 0.25) is 0 Å². The third-order valence-corrected chi connectivity index (χ3v) is 3.67. The molecule has 0 aromatic heterocycles. The predicted octanol–water partition coefficient (Wildman–Crippen LogP) is 4.30. The van der Waals surface area contributed by atoms with Gasteiger partial charge in [-0.1, -0.05) is 12.1 Å². The van der Waals surface area contributed by atoms with Crippen molar-refractivity contribution in [1.82, 2.24) is 0 Å².